The molecule has 0 aliphatic heterocycles. The van der Waals surface area contributed by atoms with E-state index in [4.69, 9.17) is 5.73 Å². The Labute approximate surface area is 102 Å². The van der Waals surface area contributed by atoms with E-state index in [0.29, 0.717) is 5.56 Å². The van der Waals surface area contributed by atoms with Crippen molar-refractivity contribution in [3.63, 3.8) is 0 Å². The fourth-order valence-electron chi connectivity index (χ4n) is 1.78. The lowest BCUT2D eigenvalue weighted by Gasteiger charge is -2.12. The molecule has 1 aromatic carbocycles. The monoisotopic (exact) mass is 252 g/mol. The van der Waals surface area contributed by atoms with E-state index in [-0.39, 0.29) is 12.0 Å². The number of nitrogens with zero attached hydrogens (tertiary/aromatic N) is 1. The van der Waals surface area contributed by atoms with Crippen molar-refractivity contribution in [2.45, 2.75) is 12.5 Å². The van der Waals surface area contributed by atoms with E-state index in [0.717, 1.165) is 12.3 Å². The summed E-state index contributed by atoms with van der Waals surface area (Å²) >= 11 is 0. The Morgan fingerprint density at radius 3 is 2.39 bits per heavy atom. The minimum Gasteiger partial charge on any atom is -0.324 e. The van der Waals surface area contributed by atoms with E-state index in [1.54, 1.807) is 0 Å². The average Bonchev–Trinajstić information content (AvgIpc) is 2.27. The molecule has 2 N–H and O–H groups in total. The lowest BCUT2D eigenvalue weighted by Crippen LogP contribution is -2.15. The summed E-state index contributed by atoms with van der Waals surface area (Å²) in [6.07, 6.45) is 2.63. The van der Waals surface area contributed by atoms with Gasteiger partial charge in [0.15, 0.2) is 0 Å². The minimum absolute atomic E-state index is 0.148. The van der Waals surface area contributed by atoms with Gasteiger partial charge in [-0.05, 0) is 30.2 Å². The highest BCUT2D eigenvalue weighted by atomic mass is 19.1. The molecule has 0 aliphatic rings. The zero-order chi connectivity index (χ0) is 13.1. The van der Waals surface area contributed by atoms with E-state index in [1.807, 2.05) is 0 Å². The van der Waals surface area contributed by atoms with Crippen LogP contribution in [0.4, 0.5) is 13.2 Å². The van der Waals surface area contributed by atoms with Gasteiger partial charge in [-0.15, -0.1) is 0 Å². The summed E-state index contributed by atoms with van der Waals surface area (Å²) in [6, 6.07) is 3.93. The first-order valence-corrected chi connectivity index (χ1v) is 5.36. The number of aromatic nitrogens is 1. The standard InChI is InChI=1S/C13H11F3N2/c14-9-3-8(4-10(15)6-9)5-13(17)11-1-2-18-7-12(11)16/h1-4,6-7,13H,5,17H2. The number of pyridine rings is 1. The van der Waals surface area contributed by atoms with Gasteiger partial charge in [0, 0.05) is 23.9 Å². The number of hydrogen-bond donors (Lipinski definition) is 1. The summed E-state index contributed by atoms with van der Waals surface area (Å²) in [5, 5.41) is 0. The highest BCUT2D eigenvalue weighted by Crippen LogP contribution is 2.19. The van der Waals surface area contributed by atoms with Crippen LogP contribution in [0.3, 0.4) is 0 Å². The smallest absolute Gasteiger partial charge is 0.146 e. The van der Waals surface area contributed by atoms with Crippen molar-refractivity contribution < 1.29 is 13.2 Å². The first-order valence-electron chi connectivity index (χ1n) is 5.36. The number of benzene rings is 1. The van der Waals surface area contributed by atoms with Crippen molar-refractivity contribution in [1.29, 1.82) is 0 Å². The molecule has 0 bridgehead atoms. The second-order valence-corrected chi connectivity index (χ2v) is 3.99. The Bertz CT molecular complexity index is 537. The second-order valence-electron chi connectivity index (χ2n) is 3.99. The molecule has 5 heteroatoms. The number of nitrogens with two attached hydrogens (primary N) is 1. The van der Waals surface area contributed by atoms with Crippen LogP contribution in [0.1, 0.15) is 17.2 Å². The van der Waals surface area contributed by atoms with E-state index in [1.165, 1.54) is 24.4 Å². The average molecular weight is 252 g/mol. The second kappa shape index (κ2) is 5.18. The molecule has 1 atom stereocenters. The summed E-state index contributed by atoms with van der Waals surface area (Å²) in [5.74, 6) is -1.87. The third-order valence-corrected chi connectivity index (χ3v) is 2.58. The Morgan fingerprint density at radius 2 is 1.78 bits per heavy atom. The molecular formula is C13H11F3N2. The van der Waals surface area contributed by atoms with Crippen LogP contribution in [0.25, 0.3) is 0 Å². The Kier molecular flexibility index (Phi) is 3.62. The van der Waals surface area contributed by atoms with Gasteiger partial charge in [-0.2, -0.15) is 0 Å². The van der Waals surface area contributed by atoms with Gasteiger partial charge in [0.25, 0.3) is 0 Å². The largest absolute Gasteiger partial charge is 0.324 e. The van der Waals surface area contributed by atoms with Crippen molar-refractivity contribution >= 4 is 0 Å². The fourth-order valence-corrected chi connectivity index (χ4v) is 1.78. The highest BCUT2D eigenvalue weighted by molar-refractivity contribution is 5.23. The molecule has 0 saturated carbocycles. The van der Waals surface area contributed by atoms with Crippen LogP contribution in [0.2, 0.25) is 0 Å². The lowest BCUT2D eigenvalue weighted by molar-refractivity contribution is 0.564. The van der Waals surface area contributed by atoms with Crippen LogP contribution in [0.15, 0.2) is 36.7 Å². The van der Waals surface area contributed by atoms with Gasteiger partial charge in [-0.3, -0.25) is 4.98 Å². The fraction of sp³-hybridized carbons (Fsp3) is 0.154. The molecule has 1 unspecified atom stereocenters. The quantitative estimate of drug-likeness (QED) is 0.912. The minimum atomic E-state index is -0.674. The van der Waals surface area contributed by atoms with Crippen LogP contribution >= 0.6 is 0 Å². The zero-order valence-corrected chi connectivity index (χ0v) is 9.41. The molecule has 0 spiro atoms. The molecule has 0 amide bonds. The third-order valence-electron chi connectivity index (χ3n) is 2.58. The normalized spacial score (nSPS) is 12.4. The van der Waals surface area contributed by atoms with Crippen LogP contribution < -0.4 is 5.73 Å². The molecule has 1 heterocycles. The molecule has 2 nitrogen and oxygen atoms in total. The molecule has 0 fully saturated rings. The predicted octanol–water partition coefficient (Wildman–Crippen LogP) is 2.74. The van der Waals surface area contributed by atoms with Gasteiger partial charge in [0.2, 0.25) is 0 Å². The van der Waals surface area contributed by atoms with Gasteiger partial charge >= 0.3 is 0 Å². The Morgan fingerprint density at radius 1 is 1.11 bits per heavy atom. The third kappa shape index (κ3) is 2.87. The predicted molar refractivity (Wildman–Crippen MR) is 61.2 cm³/mol. The lowest BCUT2D eigenvalue weighted by atomic mass is 10.00. The molecule has 0 saturated heterocycles. The molecule has 1 aromatic heterocycles. The number of halogens is 3. The van der Waals surface area contributed by atoms with Gasteiger partial charge in [0.1, 0.15) is 17.5 Å². The first kappa shape index (κ1) is 12.6. The summed E-state index contributed by atoms with van der Waals surface area (Å²) in [4.78, 5) is 3.61. The van der Waals surface area contributed by atoms with E-state index >= 15 is 0 Å². The van der Waals surface area contributed by atoms with E-state index in [2.05, 4.69) is 4.98 Å². The first-order chi connectivity index (χ1) is 8.56. The molecule has 2 aromatic rings. The number of hydrogen-bond acceptors (Lipinski definition) is 2. The maximum absolute atomic E-state index is 13.4. The van der Waals surface area contributed by atoms with Crippen molar-refractivity contribution in [2.75, 3.05) is 0 Å². The van der Waals surface area contributed by atoms with Gasteiger partial charge in [0.05, 0.1) is 6.20 Å². The Balaban J connectivity index is 2.21. The number of rotatable bonds is 3. The van der Waals surface area contributed by atoms with Crippen molar-refractivity contribution in [2.24, 2.45) is 5.73 Å². The van der Waals surface area contributed by atoms with Crippen LogP contribution in [0.5, 0.6) is 0 Å². The van der Waals surface area contributed by atoms with Crippen LogP contribution in [0, 0.1) is 17.5 Å². The van der Waals surface area contributed by atoms with Crippen LogP contribution in [-0.2, 0) is 6.42 Å². The topological polar surface area (TPSA) is 38.9 Å². The van der Waals surface area contributed by atoms with Gasteiger partial charge in [-0.1, -0.05) is 0 Å². The SMILES string of the molecule is NC(Cc1cc(F)cc(F)c1)c1ccncc1F. The van der Waals surface area contributed by atoms with Crippen LogP contribution in [-0.4, -0.2) is 4.98 Å². The molecular weight excluding hydrogens is 241 g/mol. The van der Waals surface area contributed by atoms with Gasteiger partial charge in [-0.25, -0.2) is 13.2 Å². The van der Waals surface area contributed by atoms with Crippen molar-refractivity contribution in [3.8, 4) is 0 Å². The van der Waals surface area contributed by atoms with Crippen molar-refractivity contribution in [1.82, 2.24) is 4.98 Å². The summed E-state index contributed by atoms with van der Waals surface area (Å²) in [6.45, 7) is 0. The Hall–Kier alpha value is -1.88. The van der Waals surface area contributed by atoms with E-state index in [9.17, 15) is 13.2 Å². The maximum Gasteiger partial charge on any atom is 0.146 e. The molecule has 18 heavy (non-hydrogen) atoms. The van der Waals surface area contributed by atoms with Gasteiger partial charge < -0.3 is 5.73 Å². The zero-order valence-electron chi connectivity index (χ0n) is 9.41. The molecule has 0 radical (unpaired) electrons. The molecule has 2 rings (SSSR count). The van der Waals surface area contributed by atoms with E-state index < -0.39 is 23.5 Å². The summed E-state index contributed by atoms with van der Waals surface area (Å²) < 4.78 is 39.4. The summed E-state index contributed by atoms with van der Waals surface area (Å²) in [5.41, 5.74) is 6.47. The maximum atomic E-state index is 13.4. The van der Waals surface area contributed by atoms with Crippen molar-refractivity contribution in [3.05, 3.63) is 65.2 Å². The summed E-state index contributed by atoms with van der Waals surface area (Å²) in [7, 11) is 0. The molecule has 0 aliphatic carbocycles. The molecule has 94 valence electrons. The highest BCUT2D eigenvalue weighted by Gasteiger charge is 2.13.